The summed E-state index contributed by atoms with van der Waals surface area (Å²) in [7, 11) is 0. The predicted molar refractivity (Wildman–Crippen MR) is 110 cm³/mol. The standard InChI is InChI=1S/C22H26N2OS/c1-3-5-9-16-24-21(18-10-7-6-8-11-18)17-26-22(24)23-19-12-14-20(15-13-19)25-4-2/h6-8,10-15,17H,3-5,9,16H2,1-2H3. The molecule has 0 unspecified atom stereocenters. The fraction of sp³-hybridized carbons (Fsp3) is 0.318. The average molecular weight is 367 g/mol. The molecule has 0 aliphatic heterocycles. The predicted octanol–water partition coefficient (Wildman–Crippen LogP) is 6.04. The highest BCUT2D eigenvalue weighted by molar-refractivity contribution is 7.07. The topological polar surface area (TPSA) is 26.5 Å². The van der Waals surface area contributed by atoms with Crippen molar-refractivity contribution in [2.75, 3.05) is 6.61 Å². The lowest BCUT2D eigenvalue weighted by atomic mass is 10.1. The zero-order valence-electron chi connectivity index (χ0n) is 15.5. The number of ether oxygens (including phenoxy) is 1. The van der Waals surface area contributed by atoms with Crippen molar-refractivity contribution in [2.45, 2.75) is 39.7 Å². The first kappa shape index (κ1) is 18.5. The number of benzene rings is 2. The van der Waals surface area contributed by atoms with Gasteiger partial charge in [-0.1, -0.05) is 50.1 Å². The Morgan fingerprint density at radius 2 is 1.73 bits per heavy atom. The van der Waals surface area contributed by atoms with Crippen LogP contribution in [0.1, 0.15) is 33.1 Å². The third kappa shape index (κ3) is 4.64. The molecule has 1 aromatic heterocycles. The minimum absolute atomic E-state index is 0.680. The molecule has 26 heavy (non-hydrogen) atoms. The minimum Gasteiger partial charge on any atom is -0.494 e. The van der Waals surface area contributed by atoms with Crippen LogP contribution in [-0.4, -0.2) is 11.2 Å². The molecule has 4 heteroatoms. The summed E-state index contributed by atoms with van der Waals surface area (Å²) < 4.78 is 7.87. The molecule has 0 amide bonds. The SMILES string of the molecule is CCCCCn1c(-c2ccccc2)csc1=Nc1ccc(OCC)cc1. The molecule has 0 bridgehead atoms. The van der Waals surface area contributed by atoms with Crippen LogP contribution in [0, 0.1) is 0 Å². The van der Waals surface area contributed by atoms with Crippen molar-refractivity contribution in [3.63, 3.8) is 0 Å². The van der Waals surface area contributed by atoms with E-state index in [0.29, 0.717) is 6.61 Å². The Hall–Kier alpha value is -2.33. The van der Waals surface area contributed by atoms with Crippen LogP contribution in [0.3, 0.4) is 0 Å². The maximum atomic E-state index is 5.52. The molecule has 1 heterocycles. The fourth-order valence-corrected chi connectivity index (χ4v) is 3.84. The second-order valence-electron chi connectivity index (χ2n) is 6.17. The van der Waals surface area contributed by atoms with Gasteiger partial charge in [0.25, 0.3) is 0 Å². The van der Waals surface area contributed by atoms with Crippen LogP contribution in [-0.2, 0) is 6.54 Å². The van der Waals surface area contributed by atoms with E-state index >= 15 is 0 Å². The maximum Gasteiger partial charge on any atom is 0.190 e. The number of unbranched alkanes of at least 4 members (excludes halogenated alkanes) is 2. The summed E-state index contributed by atoms with van der Waals surface area (Å²) in [6.45, 7) is 5.91. The second-order valence-corrected chi connectivity index (χ2v) is 7.00. The van der Waals surface area contributed by atoms with Gasteiger partial charge in [0.1, 0.15) is 5.75 Å². The number of nitrogens with zero attached hydrogens (tertiary/aromatic N) is 2. The van der Waals surface area contributed by atoms with Gasteiger partial charge >= 0.3 is 0 Å². The molecule has 2 aromatic carbocycles. The highest BCUT2D eigenvalue weighted by Gasteiger charge is 2.07. The van der Waals surface area contributed by atoms with Crippen molar-refractivity contribution in [3.8, 4) is 17.0 Å². The molecule has 0 atom stereocenters. The van der Waals surface area contributed by atoms with Crippen molar-refractivity contribution in [1.82, 2.24) is 4.57 Å². The Kier molecular flexibility index (Phi) is 6.67. The highest BCUT2D eigenvalue weighted by Crippen LogP contribution is 2.22. The molecular formula is C22H26N2OS. The summed E-state index contributed by atoms with van der Waals surface area (Å²) in [5.74, 6) is 0.887. The van der Waals surface area contributed by atoms with E-state index in [9.17, 15) is 0 Å². The fourth-order valence-electron chi connectivity index (χ4n) is 2.89. The molecule has 136 valence electrons. The van der Waals surface area contributed by atoms with E-state index < -0.39 is 0 Å². The van der Waals surface area contributed by atoms with E-state index in [4.69, 9.17) is 9.73 Å². The smallest absolute Gasteiger partial charge is 0.190 e. The van der Waals surface area contributed by atoms with Crippen LogP contribution in [0.15, 0.2) is 65.0 Å². The Labute approximate surface area is 159 Å². The summed E-state index contributed by atoms with van der Waals surface area (Å²) in [5.41, 5.74) is 3.45. The molecule has 0 aliphatic carbocycles. The number of aromatic nitrogens is 1. The van der Waals surface area contributed by atoms with Gasteiger partial charge in [-0.2, -0.15) is 0 Å². The lowest BCUT2D eigenvalue weighted by Crippen LogP contribution is -2.16. The van der Waals surface area contributed by atoms with Gasteiger partial charge in [0.2, 0.25) is 0 Å². The monoisotopic (exact) mass is 366 g/mol. The van der Waals surface area contributed by atoms with Crippen LogP contribution in [0.5, 0.6) is 5.75 Å². The van der Waals surface area contributed by atoms with E-state index in [2.05, 4.69) is 47.2 Å². The van der Waals surface area contributed by atoms with Gasteiger partial charge in [-0.05, 0) is 43.2 Å². The third-order valence-corrected chi connectivity index (χ3v) is 5.09. The summed E-state index contributed by atoms with van der Waals surface area (Å²) in [5, 5.41) is 2.22. The molecule has 0 aliphatic rings. The van der Waals surface area contributed by atoms with Gasteiger partial charge < -0.3 is 9.30 Å². The molecule has 0 fully saturated rings. The van der Waals surface area contributed by atoms with Gasteiger partial charge in [-0.3, -0.25) is 0 Å². The van der Waals surface area contributed by atoms with Gasteiger partial charge in [-0.25, -0.2) is 4.99 Å². The molecule has 0 radical (unpaired) electrons. The van der Waals surface area contributed by atoms with E-state index in [0.717, 1.165) is 22.8 Å². The third-order valence-electron chi connectivity index (χ3n) is 4.22. The summed E-state index contributed by atoms with van der Waals surface area (Å²) in [4.78, 5) is 5.94. The Balaban J connectivity index is 1.96. The average Bonchev–Trinajstić information content (AvgIpc) is 3.07. The molecule has 3 rings (SSSR count). The molecular weight excluding hydrogens is 340 g/mol. The van der Waals surface area contributed by atoms with Crippen molar-refractivity contribution >= 4 is 17.0 Å². The molecule has 0 saturated carbocycles. The van der Waals surface area contributed by atoms with Gasteiger partial charge in [0.15, 0.2) is 4.80 Å². The second kappa shape index (κ2) is 9.39. The van der Waals surface area contributed by atoms with Crippen LogP contribution >= 0.6 is 11.3 Å². The van der Waals surface area contributed by atoms with Crippen LogP contribution in [0.25, 0.3) is 11.3 Å². The van der Waals surface area contributed by atoms with Crippen LogP contribution in [0.4, 0.5) is 5.69 Å². The largest absolute Gasteiger partial charge is 0.494 e. The summed E-state index contributed by atoms with van der Waals surface area (Å²) >= 11 is 1.70. The maximum absolute atomic E-state index is 5.52. The van der Waals surface area contributed by atoms with E-state index in [1.165, 1.54) is 30.5 Å². The number of hydrogen-bond acceptors (Lipinski definition) is 3. The molecule has 3 aromatic rings. The zero-order chi connectivity index (χ0) is 18.2. The first-order chi connectivity index (χ1) is 12.8. The Morgan fingerprint density at radius 1 is 0.962 bits per heavy atom. The number of thiazole rings is 1. The van der Waals surface area contributed by atoms with E-state index in [-0.39, 0.29) is 0 Å². The summed E-state index contributed by atoms with van der Waals surface area (Å²) in [6.07, 6.45) is 3.62. The first-order valence-corrected chi connectivity index (χ1v) is 10.2. The molecule has 0 saturated heterocycles. The van der Waals surface area contributed by atoms with E-state index in [1.807, 2.05) is 31.2 Å². The zero-order valence-corrected chi connectivity index (χ0v) is 16.3. The lowest BCUT2D eigenvalue weighted by molar-refractivity contribution is 0.340. The first-order valence-electron chi connectivity index (χ1n) is 9.33. The molecule has 0 N–H and O–H groups in total. The minimum atomic E-state index is 0.680. The molecule has 0 spiro atoms. The van der Waals surface area contributed by atoms with Gasteiger partial charge in [0, 0.05) is 11.9 Å². The Morgan fingerprint density at radius 3 is 2.42 bits per heavy atom. The van der Waals surface area contributed by atoms with Gasteiger partial charge in [-0.15, -0.1) is 11.3 Å². The van der Waals surface area contributed by atoms with Crippen molar-refractivity contribution < 1.29 is 4.74 Å². The van der Waals surface area contributed by atoms with Crippen LogP contribution < -0.4 is 9.54 Å². The normalized spacial score (nSPS) is 11.7. The lowest BCUT2D eigenvalue weighted by Gasteiger charge is -2.09. The quantitative estimate of drug-likeness (QED) is 0.447. The highest BCUT2D eigenvalue weighted by atomic mass is 32.1. The van der Waals surface area contributed by atoms with Crippen molar-refractivity contribution in [3.05, 3.63) is 64.8 Å². The summed E-state index contributed by atoms with van der Waals surface area (Å²) in [6, 6.07) is 18.6. The number of hydrogen-bond donors (Lipinski definition) is 0. The van der Waals surface area contributed by atoms with Crippen molar-refractivity contribution in [2.24, 2.45) is 4.99 Å². The number of rotatable bonds is 8. The Bertz CT molecular complexity index is 863. The molecule has 3 nitrogen and oxygen atoms in total. The van der Waals surface area contributed by atoms with Crippen LogP contribution in [0.2, 0.25) is 0 Å². The van der Waals surface area contributed by atoms with E-state index in [1.54, 1.807) is 11.3 Å². The van der Waals surface area contributed by atoms with Crippen molar-refractivity contribution in [1.29, 1.82) is 0 Å². The van der Waals surface area contributed by atoms with Gasteiger partial charge in [0.05, 0.1) is 18.0 Å².